The molecule has 0 fully saturated rings. The molecule has 144 valence electrons. The number of rotatable bonds is 8. The number of nitrogens with zero attached hydrogens (tertiary/aromatic N) is 1. The molecule has 0 unspecified atom stereocenters. The Kier molecular flexibility index (Phi) is 6.93. The molecule has 1 amide bonds. The van der Waals surface area contributed by atoms with Gasteiger partial charge in [-0.3, -0.25) is 4.79 Å². The van der Waals surface area contributed by atoms with Crippen molar-refractivity contribution < 1.29 is 32.5 Å². The third kappa shape index (κ3) is 5.30. The highest BCUT2D eigenvalue weighted by Crippen LogP contribution is 2.29. The third-order valence-corrected chi connectivity index (χ3v) is 3.43. The van der Waals surface area contributed by atoms with E-state index in [0.717, 1.165) is 0 Å². The van der Waals surface area contributed by atoms with E-state index in [0.29, 0.717) is 22.6 Å². The van der Waals surface area contributed by atoms with E-state index in [4.69, 9.17) is 14.2 Å². The molecule has 2 rings (SSSR count). The minimum absolute atomic E-state index is 0.0981. The molecule has 0 aromatic heterocycles. The summed E-state index contributed by atoms with van der Waals surface area (Å²) in [5, 5.41) is 3.84. The molecule has 0 heterocycles. The van der Waals surface area contributed by atoms with Crippen molar-refractivity contribution in [2.24, 2.45) is 5.10 Å². The average Bonchev–Trinajstić information content (AvgIpc) is 2.67. The van der Waals surface area contributed by atoms with Crippen molar-refractivity contribution in [3.05, 3.63) is 47.5 Å². The van der Waals surface area contributed by atoms with Crippen molar-refractivity contribution in [1.29, 1.82) is 0 Å². The Morgan fingerprint density at radius 3 is 2.22 bits per heavy atom. The highest BCUT2D eigenvalue weighted by atomic mass is 19.3. The van der Waals surface area contributed by atoms with Gasteiger partial charge in [-0.15, -0.1) is 0 Å². The van der Waals surface area contributed by atoms with Crippen LogP contribution in [0.15, 0.2) is 41.5 Å². The monoisotopic (exact) mass is 380 g/mol. The van der Waals surface area contributed by atoms with Gasteiger partial charge >= 0.3 is 6.61 Å². The summed E-state index contributed by atoms with van der Waals surface area (Å²) in [6.07, 6.45) is 1.34. The van der Waals surface area contributed by atoms with Gasteiger partial charge in [-0.2, -0.15) is 13.9 Å². The van der Waals surface area contributed by atoms with Gasteiger partial charge in [0.1, 0.15) is 0 Å². The van der Waals surface area contributed by atoms with Crippen molar-refractivity contribution in [3.8, 4) is 23.0 Å². The maximum Gasteiger partial charge on any atom is 0.387 e. The van der Waals surface area contributed by atoms with Gasteiger partial charge in [0.15, 0.2) is 23.0 Å². The molecule has 0 atom stereocenters. The number of methoxy groups -OCH3 is 3. The number of carbonyl (C=O) groups is 1. The van der Waals surface area contributed by atoms with E-state index in [1.165, 1.54) is 51.8 Å². The Hall–Kier alpha value is -3.36. The predicted octanol–water partition coefficient (Wildman–Crippen LogP) is 3.08. The van der Waals surface area contributed by atoms with Gasteiger partial charge in [-0.25, -0.2) is 5.43 Å². The van der Waals surface area contributed by atoms with Gasteiger partial charge in [0, 0.05) is 5.56 Å². The maximum atomic E-state index is 12.3. The zero-order chi connectivity index (χ0) is 19.8. The molecule has 2 aromatic carbocycles. The highest BCUT2D eigenvalue weighted by Gasteiger charge is 2.11. The summed E-state index contributed by atoms with van der Waals surface area (Å²) in [7, 11) is 4.29. The van der Waals surface area contributed by atoms with Crippen LogP contribution in [-0.4, -0.2) is 40.1 Å². The SMILES string of the molecule is COc1ccc(C(=O)N/N=C\c2ccc(OC(F)F)c(OC)c2)cc1OC. The number of amides is 1. The lowest BCUT2D eigenvalue weighted by Crippen LogP contribution is -2.17. The number of ether oxygens (including phenoxy) is 4. The first-order valence-electron chi connectivity index (χ1n) is 7.66. The molecule has 0 spiro atoms. The van der Waals surface area contributed by atoms with Gasteiger partial charge in [0.25, 0.3) is 5.91 Å². The fraction of sp³-hybridized carbons (Fsp3) is 0.222. The number of alkyl halides is 2. The largest absolute Gasteiger partial charge is 0.493 e. The molecule has 27 heavy (non-hydrogen) atoms. The molecule has 7 nitrogen and oxygen atoms in total. The lowest BCUT2D eigenvalue weighted by atomic mass is 10.2. The fourth-order valence-electron chi connectivity index (χ4n) is 2.17. The number of nitrogens with one attached hydrogen (secondary N) is 1. The smallest absolute Gasteiger partial charge is 0.387 e. The first-order chi connectivity index (χ1) is 13.0. The standard InChI is InChI=1S/C18H18F2N2O5/c1-24-13-7-5-12(9-16(13)26-3)17(23)22-21-10-11-4-6-14(27-18(19)20)15(8-11)25-2/h4-10,18H,1-3H3,(H,22,23)/b21-10-. The lowest BCUT2D eigenvalue weighted by molar-refractivity contribution is -0.0512. The maximum absolute atomic E-state index is 12.3. The minimum atomic E-state index is -2.96. The summed E-state index contributed by atoms with van der Waals surface area (Å²) >= 11 is 0. The van der Waals surface area contributed by atoms with E-state index < -0.39 is 12.5 Å². The zero-order valence-electron chi connectivity index (χ0n) is 14.9. The van der Waals surface area contributed by atoms with E-state index in [1.807, 2.05) is 0 Å². The Labute approximate surface area is 154 Å². The van der Waals surface area contributed by atoms with Crippen molar-refractivity contribution in [2.45, 2.75) is 6.61 Å². The normalized spacial score (nSPS) is 10.7. The van der Waals surface area contributed by atoms with Crippen molar-refractivity contribution >= 4 is 12.1 Å². The number of hydrogen-bond acceptors (Lipinski definition) is 6. The Bertz CT molecular complexity index is 827. The number of halogens is 2. The molecule has 0 saturated carbocycles. The second-order valence-electron chi connectivity index (χ2n) is 5.06. The quantitative estimate of drug-likeness (QED) is 0.563. The van der Waals surface area contributed by atoms with Crippen LogP contribution in [0.5, 0.6) is 23.0 Å². The molecule has 0 bridgehead atoms. The number of carbonyl (C=O) groups excluding carboxylic acids is 1. The Morgan fingerprint density at radius 2 is 1.59 bits per heavy atom. The van der Waals surface area contributed by atoms with Crippen LogP contribution < -0.4 is 24.4 Å². The number of hydrogen-bond donors (Lipinski definition) is 1. The van der Waals surface area contributed by atoms with Crippen LogP contribution in [-0.2, 0) is 0 Å². The van der Waals surface area contributed by atoms with Crippen LogP contribution in [0.3, 0.4) is 0 Å². The summed E-state index contributed by atoms with van der Waals surface area (Å²) in [5.74, 6) is 0.463. The van der Waals surface area contributed by atoms with Crippen LogP contribution in [0, 0.1) is 0 Å². The molecule has 0 aliphatic heterocycles. The lowest BCUT2D eigenvalue weighted by Gasteiger charge is -2.10. The molecule has 1 N–H and O–H groups in total. The Balaban J connectivity index is 2.07. The summed E-state index contributed by atoms with van der Waals surface area (Å²) in [4.78, 5) is 12.2. The van der Waals surface area contributed by atoms with Crippen molar-refractivity contribution in [1.82, 2.24) is 5.43 Å². The minimum Gasteiger partial charge on any atom is -0.493 e. The van der Waals surface area contributed by atoms with Crippen LogP contribution in [0.1, 0.15) is 15.9 Å². The highest BCUT2D eigenvalue weighted by molar-refractivity contribution is 5.95. The molecule has 0 saturated heterocycles. The van der Waals surface area contributed by atoms with Gasteiger partial charge in [0.2, 0.25) is 0 Å². The Morgan fingerprint density at radius 1 is 0.963 bits per heavy atom. The molecule has 9 heteroatoms. The van der Waals surface area contributed by atoms with Gasteiger partial charge in [-0.05, 0) is 42.0 Å². The van der Waals surface area contributed by atoms with Gasteiger partial charge < -0.3 is 18.9 Å². The first kappa shape index (κ1) is 20.0. The number of hydrazone groups is 1. The first-order valence-corrected chi connectivity index (χ1v) is 7.66. The zero-order valence-corrected chi connectivity index (χ0v) is 14.9. The molecule has 0 aliphatic rings. The molecular formula is C18H18F2N2O5. The number of benzene rings is 2. The van der Waals surface area contributed by atoms with E-state index in [2.05, 4.69) is 15.3 Å². The van der Waals surface area contributed by atoms with Crippen molar-refractivity contribution in [2.75, 3.05) is 21.3 Å². The van der Waals surface area contributed by atoms with Crippen LogP contribution in [0.2, 0.25) is 0 Å². The molecule has 0 aliphatic carbocycles. The summed E-state index contributed by atoms with van der Waals surface area (Å²) < 4.78 is 44.2. The van der Waals surface area contributed by atoms with E-state index in [-0.39, 0.29) is 11.5 Å². The second-order valence-corrected chi connectivity index (χ2v) is 5.06. The second kappa shape index (κ2) is 9.37. The molecular weight excluding hydrogens is 362 g/mol. The van der Waals surface area contributed by atoms with Crippen LogP contribution >= 0.6 is 0 Å². The predicted molar refractivity (Wildman–Crippen MR) is 94.2 cm³/mol. The van der Waals surface area contributed by atoms with E-state index in [9.17, 15) is 13.6 Å². The third-order valence-electron chi connectivity index (χ3n) is 3.43. The average molecular weight is 380 g/mol. The topological polar surface area (TPSA) is 78.4 Å². The van der Waals surface area contributed by atoms with Gasteiger partial charge in [-0.1, -0.05) is 0 Å². The van der Waals surface area contributed by atoms with Crippen molar-refractivity contribution in [3.63, 3.8) is 0 Å². The summed E-state index contributed by atoms with van der Waals surface area (Å²) in [6.45, 7) is -2.96. The summed E-state index contributed by atoms with van der Waals surface area (Å²) in [6, 6.07) is 8.94. The summed E-state index contributed by atoms with van der Waals surface area (Å²) in [5.41, 5.74) is 3.20. The van der Waals surface area contributed by atoms with Gasteiger partial charge in [0.05, 0.1) is 27.5 Å². The van der Waals surface area contributed by atoms with Crippen LogP contribution in [0.4, 0.5) is 8.78 Å². The molecule has 0 radical (unpaired) electrons. The van der Waals surface area contributed by atoms with E-state index >= 15 is 0 Å². The van der Waals surface area contributed by atoms with E-state index in [1.54, 1.807) is 12.1 Å². The fourth-order valence-corrected chi connectivity index (χ4v) is 2.17. The molecule has 2 aromatic rings. The van der Waals surface area contributed by atoms with Crippen LogP contribution in [0.25, 0.3) is 0 Å².